The minimum Gasteiger partial charge on any atom is -0.478 e. The number of aromatic carboxylic acids is 1. The largest absolute Gasteiger partial charge is 0.478 e. The standard InChI is InChI=1S/C18H14N2O3S/c1-11-2-8-14(9-3-11)20-16(21)15(19-18(20)24)10-12-4-6-13(7-5-12)17(22)23/h2-10H,1H3,(H,19,24)(H,22,23)/b15-10-. The van der Waals surface area contributed by atoms with Crippen molar-refractivity contribution in [3.8, 4) is 0 Å². The van der Waals surface area contributed by atoms with E-state index in [9.17, 15) is 9.59 Å². The van der Waals surface area contributed by atoms with Crippen molar-refractivity contribution in [1.82, 2.24) is 5.32 Å². The smallest absolute Gasteiger partial charge is 0.335 e. The Morgan fingerprint density at radius 1 is 1.12 bits per heavy atom. The van der Waals surface area contributed by atoms with Gasteiger partial charge >= 0.3 is 5.97 Å². The fourth-order valence-corrected chi connectivity index (χ4v) is 2.65. The molecule has 0 bridgehead atoms. The molecule has 1 heterocycles. The van der Waals surface area contributed by atoms with Crippen LogP contribution in [0.2, 0.25) is 0 Å². The molecule has 2 aromatic rings. The zero-order chi connectivity index (χ0) is 17.3. The lowest BCUT2D eigenvalue weighted by atomic mass is 10.1. The second-order valence-corrected chi connectivity index (χ2v) is 5.78. The van der Waals surface area contributed by atoms with Crippen LogP contribution in [0.5, 0.6) is 0 Å². The lowest BCUT2D eigenvalue weighted by molar-refractivity contribution is -0.113. The van der Waals surface area contributed by atoms with Crippen LogP contribution in [-0.2, 0) is 4.79 Å². The summed E-state index contributed by atoms with van der Waals surface area (Å²) in [7, 11) is 0. The molecule has 2 N–H and O–H groups in total. The quantitative estimate of drug-likeness (QED) is 0.665. The van der Waals surface area contributed by atoms with Gasteiger partial charge in [-0.05, 0) is 55.0 Å². The number of hydrogen-bond donors (Lipinski definition) is 2. The lowest BCUT2D eigenvalue weighted by Crippen LogP contribution is -2.30. The van der Waals surface area contributed by atoms with E-state index < -0.39 is 5.97 Å². The Morgan fingerprint density at radius 3 is 2.33 bits per heavy atom. The van der Waals surface area contributed by atoms with Gasteiger partial charge in [0.2, 0.25) is 0 Å². The van der Waals surface area contributed by atoms with E-state index in [0.29, 0.717) is 22.1 Å². The lowest BCUT2D eigenvalue weighted by Gasteiger charge is -2.13. The highest BCUT2D eigenvalue weighted by atomic mass is 32.1. The number of carboxylic acid groups (broad SMARTS) is 1. The zero-order valence-electron chi connectivity index (χ0n) is 12.8. The number of nitrogens with one attached hydrogen (secondary N) is 1. The van der Waals surface area contributed by atoms with Crippen LogP contribution in [0.1, 0.15) is 21.5 Å². The van der Waals surface area contributed by atoms with Gasteiger partial charge < -0.3 is 10.4 Å². The summed E-state index contributed by atoms with van der Waals surface area (Å²) in [5.74, 6) is -1.23. The minimum atomic E-state index is -0.990. The molecular formula is C18H14N2O3S. The summed E-state index contributed by atoms with van der Waals surface area (Å²) in [5, 5.41) is 12.1. The third-order valence-electron chi connectivity index (χ3n) is 3.64. The summed E-state index contributed by atoms with van der Waals surface area (Å²) in [5.41, 5.74) is 3.05. The van der Waals surface area contributed by atoms with Gasteiger partial charge in [0.1, 0.15) is 5.70 Å². The fraction of sp³-hybridized carbons (Fsp3) is 0.0556. The molecule has 0 radical (unpaired) electrons. The Balaban J connectivity index is 1.87. The molecule has 6 heteroatoms. The van der Waals surface area contributed by atoms with E-state index in [1.165, 1.54) is 17.0 Å². The molecule has 0 saturated carbocycles. The Bertz CT molecular complexity index is 855. The number of hydrogen-bond acceptors (Lipinski definition) is 3. The number of nitrogens with zero attached hydrogens (tertiary/aromatic N) is 1. The number of carbonyl (C=O) groups excluding carboxylic acids is 1. The van der Waals surface area contributed by atoms with E-state index in [0.717, 1.165) is 5.56 Å². The molecule has 0 unspecified atom stereocenters. The van der Waals surface area contributed by atoms with E-state index in [1.807, 2.05) is 31.2 Å². The molecule has 3 rings (SSSR count). The molecule has 120 valence electrons. The molecule has 2 aromatic carbocycles. The van der Waals surface area contributed by atoms with Gasteiger partial charge in [-0.15, -0.1) is 0 Å². The highest BCUT2D eigenvalue weighted by Crippen LogP contribution is 2.23. The fourth-order valence-electron chi connectivity index (χ4n) is 2.35. The second-order valence-electron chi connectivity index (χ2n) is 5.39. The monoisotopic (exact) mass is 338 g/mol. The Hall–Kier alpha value is -2.99. The molecule has 0 aliphatic carbocycles. The molecule has 1 aliphatic heterocycles. The van der Waals surface area contributed by atoms with E-state index in [1.54, 1.807) is 18.2 Å². The van der Waals surface area contributed by atoms with E-state index in [4.69, 9.17) is 17.3 Å². The number of carbonyl (C=O) groups is 2. The summed E-state index contributed by atoms with van der Waals surface area (Å²) in [6.45, 7) is 1.97. The van der Waals surface area contributed by atoms with Crippen molar-refractivity contribution in [2.75, 3.05) is 4.90 Å². The molecule has 1 fully saturated rings. The van der Waals surface area contributed by atoms with Crippen molar-refractivity contribution in [2.24, 2.45) is 0 Å². The topological polar surface area (TPSA) is 69.6 Å². The average Bonchev–Trinajstić information content (AvgIpc) is 2.83. The van der Waals surface area contributed by atoms with Crippen LogP contribution in [-0.4, -0.2) is 22.1 Å². The average molecular weight is 338 g/mol. The van der Waals surface area contributed by atoms with Gasteiger partial charge in [0.25, 0.3) is 5.91 Å². The van der Waals surface area contributed by atoms with Crippen LogP contribution in [0.4, 0.5) is 5.69 Å². The number of anilines is 1. The third kappa shape index (κ3) is 3.04. The van der Waals surface area contributed by atoms with Crippen LogP contribution in [0.15, 0.2) is 54.2 Å². The normalized spacial score (nSPS) is 15.7. The Kier molecular flexibility index (Phi) is 4.14. The summed E-state index contributed by atoms with van der Waals surface area (Å²) in [6.07, 6.45) is 1.65. The first-order chi connectivity index (χ1) is 11.5. The van der Waals surface area contributed by atoms with Crippen LogP contribution in [0.25, 0.3) is 6.08 Å². The van der Waals surface area contributed by atoms with Gasteiger partial charge in [-0.2, -0.15) is 0 Å². The molecule has 0 aromatic heterocycles. The molecule has 24 heavy (non-hydrogen) atoms. The summed E-state index contributed by atoms with van der Waals surface area (Å²) in [6, 6.07) is 13.8. The Labute approximate surface area is 144 Å². The highest BCUT2D eigenvalue weighted by molar-refractivity contribution is 7.80. The molecule has 0 atom stereocenters. The maximum absolute atomic E-state index is 12.6. The minimum absolute atomic E-state index is 0.194. The first-order valence-corrected chi connectivity index (χ1v) is 7.64. The first kappa shape index (κ1) is 15.9. The number of carboxylic acids is 1. The van der Waals surface area contributed by atoms with E-state index in [2.05, 4.69) is 5.32 Å². The molecule has 1 saturated heterocycles. The molecule has 0 spiro atoms. The van der Waals surface area contributed by atoms with Crippen LogP contribution in [0.3, 0.4) is 0 Å². The maximum atomic E-state index is 12.6. The summed E-state index contributed by atoms with van der Waals surface area (Å²) < 4.78 is 0. The number of amides is 1. The number of rotatable bonds is 3. The second kappa shape index (κ2) is 6.25. The SMILES string of the molecule is Cc1ccc(N2C(=O)/C(=C/c3ccc(C(=O)O)cc3)NC2=S)cc1. The van der Waals surface area contributed by atoms with Crippen molar-refractivity contribution >= 4 is 41.0 Å². The summed E-state index contributed by atoms with van der Waals surface area (Å²) in [4.78, 5) is 24.9. The van der Waals surface area contributed by atoms with Crippen LogP contribution < -0.4 is 10.2 Å². The van der Waals surface area contributed by atoms with Crippen molar-refractivity contribution in [3.05, 3.63) is 70.9 Å². The molecule has 1 aliphatic rings. The van der Waals surface area contributed by atoms with Crippen molar-refractivity contribution in [3.63, 3.8) is 0 Å². The number of aryl methyl sites for hydroxylation is 1. The maximum Gasteiger partial charge on any atom is 0.335 e. The van der Waals surface area contributed by atoms with Crippen LogP contribution >= 0.6 is 12.2 Å². The highest BCUT2D eigenvalue weighted by Gasteiger charge is 2.31. The van der Waals surface area contributed by atoms with Gasteiger partial charge in [-0.1, -0.05) is 29.8 Å². The Morgan fingerprint density at radius 2 is 1.75 bits per heavy atom. The predicted molar refractivity (Wildman–Crippen MR) is 95.8 cm³/mol. The predicted octanol–water partition coefficient (Wildman–Crippen LogP) is 2.96. The number of benzene rings is 2. The van der Waals surface area contributed by atoms with Gasteiger partial charge in [0.15, 0.2) is 5.11 Å². The van der Waals surface area contributed by atoms with Gasteiger partial charge in [0, 0.05) is 0 Å². The van der Waals surface area contributed by atoms with E-state index in [-0.39, 0.29) is 11.5 Å². The summed E-state index contributed by atoms with van der Waals surface area (Å²) >= 11 is 5.26. The zero-order valence-corrected chi connectivity index (χ0v) is 13.6. The molecular weight excluding hydrogens is 324 g/mol. The molecule has 5 nitrogen and oxygen atoms in total. The van der Waals surface area contributed by atoms with Gasteiger partial charge in [-0.3, -0.25) is 9.69 Å². The van der Waals surface area contributed by atoms with Crippen LogP contribution in [0, 0.1) is 6.92 Å². The van der Waals surface area contributed by atoms with Crippen molar-refractivity contribution in [2.45, 2.75) is 6.92 Å². The molecule has 1 amide bonds. The van der Waals surface area contributed by atoms with E-state index >= 15 is 0 Å². The van der Waals surface area contributed by atoms with Gasteiger partial charge in [-0.25, -0.2) is 4.79 Å². The third-order valence-corrected chi connectivity index (χ3v) is 3.92. The van der Waals surface area contributed by atoms with Crippen molar-refractivity contribution < 1.29 is 14.7 Å². The number of thiocarbonyl (C=S) groups is 1. The first-order valence-electron chi connectivity index (χ1n) is 7.23. The van der Waals surface area contributed by atoms with Crippen molar-refractivity contribution in [1.29, 1.82) is 0 Å². The van der Waals surface area contributed by atoms with Gasteiger partial charge in [0.05, 0.1) is 11.3 Å².